The van der Waals surface area contributed by atoms with Gasteiger partial charge in [-0.3, -0.25) is 4.79 Å². The third kappa shape index (κ3) is 2.89. The van der Waals surface area contributed by atoms with Crippen LogP contribution in [0.25, 0.3) is 0 Å². The molecule has 0 spiro atoms. The third-order valence-electron chi connectivity index (χ3n) is 4.20. The number of primary sulfonamides is 1. The van der Waals surface area contributed by atoms with E-state index in [9.17, 15) is 13.2 Å². The van der Waals surface area contributed by atoms with Crippen molar-refractivity contribution in [1.29, 1.82) is 0 Å². The molecule has 1 saturated carbocycles. The zero-order valence-corrected chi connectivity index (χ0v) is 12.4. The first-order valence-electron chi connectivity index (χ1n) is 7.02. The minimum Gasteiger partial charge on any atom is -0.492 e. The lowest BCUT2D eigenvalue weighted by Crippen LogP contribution is -2.36. The SMILES string of the molecule is NS(=O)(=O)c1ccc2c(c1)C(C(=O)NCC1CCC1)CO2. The van der Waals surface area contributed by atoms with E-state index in [-0.39, 0.29) is 17.4 Å². The summed E-state index contributed by atoms with van der Waals surface area (Å²) in [5, 5.41) is 8.05. The van der Waals surface area contributed by atoms with E-state index in [2.05, 4.69) is 5.32 Å². The fourth-order valence-corrected chi connectivity index (χ4v) is 3.20. The van der Waals surface area contributed by atoms with Gasteiger partial charge in [-0.1, -0.05) is 6.42 Å². The highest BCUT2D eigenvalue weighted by Crippen LogP contribution is 2.35. The Labute approximate surface area is 123 Å². The zero-order valence-electron chi connectivity index (χ0n) is 11.5. The molecule has 21 heavy (non-hydrogen) atoms. The fourth-order valence-electron chi connectivity index (χ4n) is 2.65. The number of sulfonamides is 1. The second kappa shape index (κ2) is 5.31. The van der Waals surface area contributed by atoms with Crippen LogP contribution in [0.15, 0.2) is 23.1 Å². The Balaban J connectivity index is 1.76. The lowest BCUT2D eigenvalue weighted by atomic mass is 9.85. The van der Waals surface area contributed by atoms with Gasteiger partial charge in [-0.15, -0.1) is 0 Å². The van der Waals surface area contributed by atoms with E-state index in [1.165, 1.54) is 18.6 Å². The van der Waals surface area contributed by atoms with Crippen LogP contribution in [0.1, 0.15) is 30.7 Å². The van der Waals surface area contributed by atoms with Crippen LogP contribution in [0.3, 0.4) is 0 Å². The van der Waals surface area contributed by atoms with Gasteiger partial charge in [0.15, 0.2) is 0 Å². The molecule has 1 fully saturated rings. The van der Waals surface area contributed by atoms with Crippen LogP contribution in [0, 0.1) is 5.92 Å². The Morgan fingerprint density at radius 3 is 2.76 bits per heavy atom. The Kier molecular flexibility index (Phi) is 3.62. The van der Waals surface area contributed by atoms with Crippen LogP contribution in [-0.4, -0.2) is 27.5 Å². The van der Waals surface area contributed by atoms with Crippen molar-refractivity contribution in [3.8, 4) is 5.75 Å². The molecule has 114 valence electrons. The van der Waals surface area contributed by atoms with E-state index >= 15 is 0 Å². The van der Waals surface area contributed by atoms with E-state index in [1.807, 2.05) is 0 Å². The molecule has 1 aromatic carbocycles. The second-order valence-corrected chi connectivity index (χ2v) is 7.21. The number of fused-ring (bicyclic) bond motifs is 1. The first-order chi connectivity index (χ1) is 9.95. The summed E-state index contributed by atoms with van der Waals surface area (Å²) >= 11 is 0. The average Bonchev–Trinajstić information content (AvgIpc) is 2.78. The summed E-state index contributed by atoms with van der Waals surface area (Å²) < 4.78 is 28.3. The van der Waals surface area contributed by atoms with E-state index in [0.29, 0.717) is 23.8 Å². The molecule has 1 heterocycles. The molecule has 1 aromatic rings. The summed E-state index contributed by atoms with van der Waals surface area (Å²) in [6.45, 7) is 0.916. The largest absolute Gasteiger partial charge is 0.492 e. The second-order valence-electron chi connectivity index (χ2n) is 5.65. The summed E-state index contributed by atoms with van der Waals surface area (Å²) in [5.74, 6) is 0.534. The van der Waals surface area contributed by atoms with Crippen LogP contribution in [-0.2, 0) is 14.8 Å². The Morgan fingerprint density at radius 2 is 2.14 bits per heavy atom. The molecule has 1 amide bonds. The lowest BCUT2D eigenvalue weighted by Gasteiger charge is -2.25. The Hall–Kier alpha value is -1.60. The summed E-state index contributed by atoms with van der Waals surface area (Å²) in [5.41, 5.74) is 0.590. The minimum absolute atomic E-state index is 0.00328. The first-order valence-corrected chi connectivity index (χ1v) is 8.57. The number of hydrogen-bond acceptors (Lipinski definition) is 4. The molecule has 6 nitrogen and oxygen atoms in total. The molecule has 7 heteroatoms. The molecule has 0 bridgehead atoms. The van der Waals surface area contributed by atoms with Gasteiger partial charge in [0.25, 0.3) is 0 Å². The average molecular weight is 310 g/mol. The van der Waals surface area contributed by atoms with Crippen LogP contribution >= 0.6 is 0 Å². The molecular formula is C14H18N2O4S. The normalized spacial score (nSPS) is 21.3. The van der Waals surface area contributed by atoms with Gasteiger partial charge < -0.3 is 10.1 Å². The first kappa shape index (κ1) is 14.3. The number of ether oxygens (including phenoxy) is 1. The number of carbonyl (C=O) groups is 1. The molecular weight excluding hydrogens is 292 g/mol. The van der Waals surface area contributed by atoms with Gasteiger partial charge in [-0.25, -0.2) is 13.6 Å². The zero-order chi connectivity index (χ0) is 15.0. The maximum absolute atomic E-state index is 12.2. The number of hydrogen-bond donors (Lipinski definition) is 2. The van der Waals surface area contributed by atoms with Crippen molar-refractivity contribution in [2.24, 2.45) is 11.1 Å². The molecule has 0 radical (unpaired) electrons. The Morgan fingerprint density at radius 1 is 1.38 bits per heavy atom. The van der Waals surface area contributed by atoms with E-state index in [1.54, 1.807) is 6.07 Å². The van der Waals surface area contributed by atoms with E-state index in [0.717, 1.165) is 12.8 Å². The van der Waals surface area contributed by atoms with Crippen LogP contribution in [0.2, 0.25) is 0 Å². The fraction of sp³-hybridized carbons (Fsp3) is 0.500. The van der Waals surface area contributed by atoms with Gasteiger partial charge in [-0.05, 0) is 37.0 Å². The topological polar surface area (TPSA) is 98.5 Å². The lowest BCUT2D eigenvalue weighted by molar-refractivity contribution is -0.123. The highest BCUT2D eigenvalue weighted by molar-refractivity contribution is 7.89. The van der Waals surface area contributed by atoms with Crippen molar-refractivity contribution in [3.63, 3.8) is 0 Å². The van der Waals surface area contributed by atoms with Crippen molar-refractivity contribution in [3.05, 3.63) is 23.8 Å². The number of benzene rings is 1. The minimum atomic E-state index is -3.78. The monoisotopic (exact) mass is 310 g/mol. The molecule has 2 aliphatic rings. The molecule has 3 N–H and O–H groups in total. The van der Waals surface area contributed by atoms with Gasteiger partial charge in [-0.2, -0.15) is 0 Å². The van der Waals surface area contributed by atoms with E-state index in [4.69, 9.17) is 9.88 Å². The predicted molar refractivity (Wildman–Crippen MR) is 76.4 cm³/mol. The van der Waals surface area contributed by atoms with Crippen molar-refractivity contribution < 1.29 is 17.9 Å². The van der Waals surface area contributed by atoms with Crippen LogP contribution < -0.4 is 15.2 Å². The molecule has 0 saturated heterocycles. The standard InChI is InChI=1S/C14H18N2O4S/c15-21(18,19)10-4-5-13-11(6-10)12(8-20-13)14(17)16-7-9-2-1-3-9/h4-6,9,12H,1-3,7-8H2,(H,16,17)(H2,15,18,19). The van der Waals surface area contributed by atoms with Crippen molar-refractivity contribution in [2.45, 2.75) is 30.1 Å². The molecule has 1 aliphatic heterocycles. The Bertz CT molecular complexity index is 668. The molecule has 1 unspecified atom stereocenters. The van der Waals surface area contributed by atoms with E-state index < -0.39 is 15.9 Å². The highest BCUT2D eigenvalue weighted by Gasteiger charge is 2.32. The number of amides is 1. The smallest absolute Gasteiger partial charge is 0.238 e. The van der Waals surface area contributed by atoms with Crippen LogP contribution in [0.4, 0.5) is 0 Å². The maximum Gasteiger partial charge on any atom is 0.238 e. The van der Waals surface area contributed by atoms with Crippen molar-refractivity contribution in [1.82, 2.24) is 5.32 Å². The number of nitrogens with two attached hydrogens (primary N) is 1. The van der Waals surface area contributed by atoms with Gasteiger partial charge in [0.2, 0.25) is 15.9 Å². The summed E-state index contributed by atoms with van der Waals surface area (Å²) in [7, 11) is -3.78. The summed E-state index contributed by atoms with van der Waals surface area (Å²) in [6, 6.07) is 4.38. The third-order valence-corrected chi connectivity index (χ3v) is 5.11. The quantitative estimate of drug-likeness (QED) is 0.856. The molecule has 0 aromatic heterocycles. The van der Waals surface area contributed by atoms with Crippen molar-refractivity contribution >= 4 is 15.9 Å². The van der Waals surface area contributed by atoms with Gasteiger partial charge in [0.1, 0.15) is 18.3 Å². The molecule has 1 aliphatic carbocycles. The maximum atomic E-state index is 12.2. The summed E-state index contributed by atoms with van der Waals surface area (Å²) in [6.07, 6.45) is 3.55. The number of carbonyl (C=O) groups excluding carboxylic acids is 1. The molecule has 1 atom stereocenters. The van der Waals surface area contributed by atoms with Gasteiger partial charge in [0.05, 0.1) is 4.90 Å². The number of rotatable bonds is 4. The summed E-state index contributed by atoms with van der Waals surface area (Å²) in [4.78, 5) is 12.2. The molecule has 3 rings (SSSR count). The van der Waals surface area contributed by atoms with Gasteiger partial charge in [0, 0.05) is 12.1 Å². The van der Waals surface area contributed by atoms with Crippen molar-refractivity contribution in [2.75, 3.05) is 13.2 Å². The number of nitrogens with one attached hydrogen (secondary N) is 1. The van der Waals surface area contributed by atoms with Gasteiger partial charge >= 0.3 is 0 Å². The predicted octanol–water partition coefficient (Wildman–Crippen LogP) is 0.726. The highest BCUT2D eigenvalue weighted by atomic mass is 32.2. The van der Waals surface area contributed by atoms with Crippen LogP contribution in [0.5, 0.6) is 5.75 Å².